The van der Waals surface area contributed by atoms with Crippen LogP contribution in [0.15, 0.2) is 30.3 Å². The first kappa shape index (κ1) is 15.6. The van der Waals surface area contributed by atoms with E-state index >= 15 is 0 Å². The predicted molar refractivity (Wildman–Crippen MR) is 92.5 cm³/mol. The second kappa shape index (κ2) is 5.84. The molecule has 0 fully saturated rings. The van der Waals surface area contributed by atoms with Crippen LogP contribution in [0.25, 0.3) is 5.69 Å². The van der Waals surface area contributed by atoms with Gasteiger partial charge in [-0.05, 0) is 51.1 Å². The van der Waals surface area contributed by atoms with E-state index < -0.39 is 0 Å². The molecular weight excluding hydrogens is 316 g/mol. The maximum Gasteiger partial charge on any atom is 0.254 e. The Bertz CT molecular complexity index is 937. The van der Waals surface area contributed by atoms with Gasteiger partial charge in [0.15, 0.2) is 5.82 Å². The number of nitrogens with zero attached hydrogens (tertiary/aromatic N) is 6. The molecule has 0 spiro atoms. The molecule has 1 aliphatic heterocycles. The lowest BCUT2D eigenvalue weighted by Gasteiger charge is -2.27. The fraction of sp³-hybridized carbons (Fsp3) is 0.333. The Morgan fingerprint density at radius 3 is 2.48 bits per heavy atom. The highest BCUT2D eigenvalue weighted by atomic mass is 16.2. The van der Waals surface area contributed by atoms with E-state index in [0.717, 1.165) is 35.3 Å². The molecule has 25 heavy (non-hydrogen) atoms. The van der Waals surface area contributed by atoms with Gasteiger partial charge < -0.3 is 9.47 Å². The van der Waals surface area contributed by atoms with Crippen LogP contribution in [0.3, 0.4) is 0 Å². The molecule has 128 valence electrons. The van der Waals surface area contributed by atoms with Crippen molar-refractivity contribution < 1.29 is 4.79 Å². The second-order valence-electron chi connectivity index (χ2n) is 6.43. The summed E-state index contributed by atoms with van der Waals surface area (Å²) in [4.78, 5) is 14.6. The molecular formula is C18H20N6O. The Hall–Kier alpha value is -2.96. The quantitative estimate of drug-likeness (QED) is 0.718. The Kier molecular flexibility index (Phi) is 3.63. The van der Waals surface area contributed by atoms with Crippen molar-refractivity contribution in [3.63, 3.8) is 0 Å². The molecule has 0 N–H and O–H groups in total. The number of amides is 1. The van der Waals surface area contributed by atoms with Gasteiger partial charge in [0, 0.05) is 24.3 Å². The van der Waals surface area contributed by atoms with Crippen molar-refractivity contribution in [3.05, 3.63) is 58.9 Å². The Labute approximate surface area is 145 Å². The summed E-state index contributed by atoms with van der Waals surface area (Å²) in [7, 11) is 0. The van der Waals surface area contributed by atoms with Gasteiger partial charge in [0.25, 0.3) is 5.91 Å². The SMILES string of the molecule is Cc1cc(C)n(-c2ccc(C(=O)N3CCn4c(C)nnc4C3)cc2)n1. The number of aryl methyl sites for hydroxylation is 3. The maximum atomic E-state index is 12.8. The summed E-state index contributed by atoms with van der Waals surface area (Å²) in [5, 5.41) is 12.7. The summed E-state index contributed by atoms with van der Waals surface area (Å²) in [6, 6.07) is 9.62. The highest BCUT2D eigenvalue weighted by molar-refractivity contribution is 5.94. The first-order valence-electron chi connectivity index (χ1n) is 8.34. The molecule has 7 heteroatoms. The molecule has 0 bridgehead atoms. The van der Waals surface area contributed by atoms with Crippen LogP contribution in [0.5, 0.6) is 0 Å². The van der Waals surface area contributed by atoms with Crippen LogP contribution < -0.4 is 0 Å². The van der Waals surface area contributed by atoms with Gasteiger partial charge >= 0.3 is 0 Å². The molecule has 0 saturated heterocycles. The van der Waals surface area contributed by atoms with Crippen LogP contribution in [-0.2, 0) is 13.1 Å². The van der Waals surface area contributed by atoms with E-state index in [0.29, 0.717) is 18.7 Å². The van der Waals surface area contributed by atoms with Crippen molar-refractivity contribution in [2.75, 3.05) is 6.54 Å². The Morgan fingerprint density at radius 1 is 1.04 bits per heavy atom. The number of aromatic nitrogens is 5. The van der Waals surface area contributed by atoms with Crippen molar-refractivity contribution in [3.8, 4) is 5.69 Å². The van der Waals surface area contributed by atoms with Crippen LogP contribution in [0.1, 0.15) is 33.4 Å². The molecule has 1 aliphatic rings. The Balaban J connectivity index is 1.54. The molecule has 0 unspecified atom stereocenters. The summed E-state index contributed by atoms with van der Waals surface area (Å²) in [6.45, 7) is 7.83. The molecule has 1 amide bonds. The normalized spacial score (nSPS) is 13.8. The molecule has 0 aliphatic carbocycles. The lowest BCUT2D eigenvalue weighted by Crippen LogP contribution is -2.38. The van der Waals surface area contributed by atoms with Crippen LogP contribution in [0.2, 0.25) is 0 Å². The van der Waals surface area contributed by atoms with Crippen LogP contribution in [-0.4, -0.2) is 41.9 Å². The van der Waals surface area contributed by atoms with E-state index in [2.05, 4.69) is 19.9 Å². The number of hydrogen-bond acceptors (Lipinski definition) is 4. The first-order valence-corrected chi connectivity index (χ1v) is 8.34. The number of fused-ring (bicyclic) bond motifs is 1. The fourth-order valence-corrected chi connectivity index (χ4v) is 3.29. The number of carbonyl (C=O) groups excluding carboxylic acids is 1. The average Bonchev–Trinajstić information content (AvgIpc) is 3.16. The summed E-state index contributed by atoms with van der Waals surface area (Å²) in [5.74, 6) is 1.76. The zero-order valence-corrected chi connectivity index (χ0v) is 14.6. The van der Waals surface area contributed by atoms with E-state index in [1.54, 1.807) is 0 Å². The van der Waals surface area contributed by atoms with Gasteiger partial charge in [-0.2, -0.15) is 5.10 Å². The van der Waals surface area contributed by atoms with Crippen molar-refractivity contribution in [1.29, 1.82) is 0 Å². The average molecular weight is 336 g/mol. The smallest absolute Gasteiger partial charge is 0.254 e. The highest BCUT2D eigenvalue weighted by Crippen LogP contribution is 2.17. The standard InChI is InChI=1S/C18H20N6O/c1-12-10-13(2)24(21-12)16-6-4-15(5-7-16)18(25)22-8-9-23-14(3)19-20-17(23)11-22/h4-7,10H,8-9,11H2,1-3H3. The number of carbonyl (C=O) groups is 1. The van der Waals surface area contributed by atoms with Crippen molar-refractivity contribution in [1.82, 2.24) is 29.4 Å². The van der Waals surface area contributed by atoms with E-state index in [-0.39, 0.29) is 5.91 Å². The van der Waals surface area contributed by atoms with Gasteiger partial charge in [-0.25, -0.2) is 4.68 Å². The van der Waals surface area contributed by atoms with Crippen LogP contribution in [0, 0.1) is 20.8 Å². The molecule has 3 heterocycles. The maximum absolute atomic E-state index is 12.8. The molecule has 7 nitrogen and oxygen atoms in total. The number of rotatable bonds is 2. The third kappa shape index (κ3) is 2.71. The monoisotopic (exact) mass is 336 g/mol. The summed E-state index contributed by atoms with van der Waals surface area (Å²) in [6.07, 6.45) is 0. The van der Waals surface area contributed by atoms with E-state index in [1.165, 1.54) is 0 Å². The van der Waals surface area contributed by atoms with Gasteiger partial charge in [-0.15, -0.1) is 10.2 Å². The molecule has 0 saturated carbocycles. The Morgan fingerprint density at radius 2 is 1.80 bits per heavy atom. The van der Waals surface area contributed by atoms with E-state index in [4.69, 9.17) is 0 Å². The number of benzene rings is 1. The largest absolute Gasteiger partial charge is 0.329 e. The van der Waals surface area contributed by atoms with Crippen molar-refractivity contribution in [2.24, 2.45) is 0 Å². The summed E-state index contributed by atoms with van der Waals surface area (Å²) in [5.41, 5.74) is 3.68. The molecule has 0 atom stereocenters. The fourth-order valence-electron chi connectivity index (χ4n) is 3.29. The van der Waals surface area contributed by atoms with Crippen molar-refractivity contribution in [2.45, 2.75) is 33.9 Å². The minimum absolute atomic E-state index is 0.0202. The van der Waals surface area contributed by atoms with Gasteiger partial charge in [0.2, 0.25) is 0 Å². The first-order chi connectivity index (χ1) is 12.0. The molecule has 0 radical (unpaired) electrons. The topological polar surface area (TPSA) is 68.8 Å². The van der Waals surface area contributed by atoms with Crippen molar-refractivity contribution >= 4 is 5.91 Å². The third-order valence-electron chi connectivity index (χ3n) is 4.59. The van der Waals surface area contributed by atoms with Gasteiger partial charge in [-0.1, -0.05) is 0 Å². The lowest BCUT2D eigenvalue weighted by atomic mass is 10.1. The highest BCUT2D eigenvalue weighted by Gasteiger charge is 2.24. The minimum atomic E-state index is 0.0202. The molecule has 4 rings (SSSR count). The lowest BCUT2D eigenvalue weighted by molar-refractivity contribution is 0.0706. The van der Waals surface area contributed by atoms with E-state index in [9.17, 15) is 4.79 Å². The second-order valence-corrected chi connectivity index (χ2v) is 6.43. The zero-order valence-electron chi connectivity index (χ0n) is 14.6. The predicted octanol–water partition coefficient (Wildman–Crippen LogP) is 2.05. The summed E-state index contributed by atoms with van der Waals surface area (Å²) < 4.78 is 3.95. The van der Waals surface area contributed by atoms with Crippen LogP contribution in [0.4, 0.5) is 0 Å². The van der Waals surface area contributed by atoms with Gasteiger partial charge in [0.1, 0.15) is 5.82 Å². The molecule has 1 aromatic carbocycles. The van der Waals surface area contributed by atoms with Crippen LogP contribution >= 0.6 is 0 Å². The third-order valence-corrected chi connectivity index (χ3v) is 4.59. The molecule has 2 aromatic heterocycles. The van der Waals surface area contributed by atoms with Gasteiger partial charge in [-0.3, -0.25) is 4.79 Å². The zero-order chi connectivity index (χ0) is 17.6. The minimum Gasteiger partial charge on any atom is -0.329 e. The van der Waals surface area contributed by atoms with Gasteiger partial charge in [0.05, 0.1) is 17.9 Å². The van der Waals surface area contributed by atoms with E-state index in [1.807, 2.05) is 60.7 Å². The molecule has 3 aromatic rings. The number of hydrogen-bond donors (Lipinski definition) is 0. The summed E-state index contributed by atoms with van der Waals surface area (Å²) >= 11 is 0.